The number of fused-ring (bicyclic) bond motifs is 11. The first kappa shape index (κ1) is 64.1. The summed E-state index contributed by atoms with van der Waals surface area (Å²) in [7, 11) is 1.53. The number of nitrogens with one attached hydrogen (secondary N) is 2. The van der Waals surface area contributed by atoms with Gasteiger partial charge in [0, 0.05) is 101 Å². The van der Waals surface area contributed by atoms with Gasteiger partial charge in [-0.15, -0.1) is 0 Å². The molecule has 11 unspecified atom stereocenters. The van der Waals surface area contributed by atoms with Gasteiger partial charge < -0.3 is 60.6 Å². The Morgan fingerprint density at radius 1 is 0.853 bits per heavy atom. The molecule has 14 heteroatoms. The van der Waals surface area contributed by atoms with Crippen molar-refractivity contribution in [2.75, 3.05) is 51.5 Å². The summed E-state index contributed by atoms with van der Waals surface area (Å²) in [4.78, 5) is 27.4. The fourth-order valence-electron chi connectivity index (χ4n) is 20.6. The molecule has 11 bridgehead atoms. The number of aromatic amines is 1. The largest absolute Gasteiger partial charge is 0.508 e. The molecule has 2 aromatic heterocycles. The van der Waals surface area contributed by atoms with Crippen LogP contribution in [0.2, 0.25) is 0 Å². The lowest BCUT2D eigenvalue weighted by molar-refractivity contribution is 0.152. The number of nitrogens with zero attached hydrogens (tertiary/aromatic N) is 2. The molecule has 4 fully saturated rings. The smallest absolute Gasteiger partial charge is 0.204 e. The maximum atomic E-state index is 15.1. The van der Waals surface area contributed by atoms with Gasteiger partial charge in [-0.2, -0.15) is 0 Å². The molecule has 0 radical (unpaired) electrons. The molecule has 8 aromatic carbocycles. The van der Waals surface area contributed by atoms with E-state index in [9.17, 15) is 15.3 Å². The first-order chi connectivity index (χ1) is 49.8. The highest BCUT2D eigenvalue weighted by Gasteiger charge is 2.67. The number of nitrogens with two attached hydrogens (primary N) is 2. The van der Waals surface area contributed by atoms with Crippen molar-refractivity contribution in [3.05, 3.63) is 224 Å². The Balaban J connectivity index is 0.853. The molecule has 1 saturated heterocycles. The number of aromatic nitrogens is 1. The van der Waals surface area contributed by atoms with Crippen LogP contribution in [0.5, 0.6) is 23.0 Å². The number of phenols is 1. The van der Waals surface area contributed by atoms with Crippen LogP contribution < -0.4 is 41.3 Å². The lowest BCUT2D eigenvalue weighted by Gasteiger charge is -2.51. The number of hydrogen-bond donors (Lipinski definition) is 7. The summed E-state index contributed by atoms with van der Waals surface area (Å²) in [6.45, 7) is 4.49. The zero-order valence-corrected chi connectivity index (χ0v) is 57.8. The minimum absolute atomic E-state index is 0.00654. The number of benzene rings is 8. The van der Waals surface area contributed by atoms with Gasteiger partial charge in [-0.25, -0.2) is 4.99 Å². The molecule has 6 heterocycles. The molecule has 19 rings (SSSR count). The summed E-state index contributed by atoms with van der Waals surface area (Å²) in [5.41, 5.74) is 25.5. The normalized spacial score (nSPS) is 26.1. The number of piperazine rings is 1. The van der Waals surface area contributed by atoms with Crippen LogP contribution in [0.4, 0.5) is 11.5 Å². The molecule has 14 nitrogen and oxygen atoms in total. The third-order valence-corrected chi connectivity index (χ3v) is 25.3. The number of guanidine groups is 1. The first-order valence-electron chi connectivity index (χ1n) is 36.8. The molecule has 2 spiro atoms. The predicted octanol–water partition coefficient (Wildman–Crippen LogP) is 14.5. The Hall–Kier alpha value is -10.0. The second-order valence-electron chi connectivity index (χ2n) is 30.4. The number of H-pyrrole nitrogens is 1. The number of aliphatic hydroxyl groups excluding tert-OH is 2. The minimum Gasteiger partial charge on any atom is -0.508 e. The van der Waals surface area contributed by atoms with Crippen LogP contribution >= 0.6 is 0 Å². The lowest BCUT2D eigenvalue weighted by atomic mass is 9.59. The van der Waals surface area contributed by atoms with Crippen molar-refractivity contribution in [1.29, 1.82) is 0 Å². The van der Waals surface area contributed by atoms with Gasteiger partial charge in [-0.1, -0.05) is 146 Å². The van der Waals surface area contributed by atoms with Gasteiger partial charge in [0.05, 0.1) is 38.2 Å². The van der Waals surface area contributed by atoms with Crippen LogP contribution in [0.3, 0.4) is 0 Å². The molecule has 516 valence electrons. The van der Waals surface area contributed by atoms with Gasteiger partial charge in [0.25, 0.3) is 0 Å². The van der Waals surface area contributed by atoms with Gasteiger partial charge >= 0.3 is 0 Å². The number of aromatic hydroxyl groups is 1. The molecule has 10 aromatic rings. The Morgan fingerprint density at radius 3 is 2.56 bits per heavy atom. The summed E-state index contributed by atoms with van der Waals surface area (Å²) >= 11 is 0. The lowest BCUT2D eigenvalue weighted by Crippen LogP contribution is -2.62. The second kappa shape index (κ2) is 25.2. The van der Waals surface area contributed by atoms with Crippen LogP contribution in [0.15, 0.2) is 178 Å². The van der Waals surface area contributed by atoms with Crippen LogP contribution in [0.25, 0.3) is 67.1 Å². The maximum Gasteiger partial charge on any atom is 0.204 e. The third kappa shape index (κ3) is 10.3. The summed E-state index contributed by atoms with van der Waals surface area (Å²) < 4.78 is 27.4. The number of aryl methyl sites for hydroxylation is 3. The Kier molecular flexibility index (Phi) is 15.8. The topological polar surface area (TPSA) is 214 Å². The van der Waals surface area contributed by atoms with Crippen molar-refractivity contribution < 1.29 is 33.9 Å². The first-order valence-corrected chi connectivity index (χ1v) is 36.8. The summed E-state index contributed by atoms with van der Waals surface area (Å²) in [6, 6.07) is 52.1. The van der Waals surface area contributed by atoms with Crippen LogP contribution in [-0.2, 0) is 41.9 Å². The molecule has 9 aliphatic rings. The molecule has 102 heavy (non-hydrogen) atoms. The van der Waals surface area contributed by atoms with Crippen molar-refractivity contribution in [2.24, 2.45) is 52.0 Å². The minimum atomic E-state index is -0.885. The van der Waals surface area contributed by atoms with Crippen molar-refractivity contribution >= 4 is 62.1 Å². The van der Waals surface area contributed by atoms with E-state index >= 15 is 4.79 Å². The van der Waals surface area contributed by atoms with Crippen molar-refractivity contribution in [2.45, 2.75) is 106 Å². The van der Waals surface area contributed by atoms with E-state index in [0.717, 1.165) is 90.8 Å². The van der Waals surface area contributed by atoms with Crippen LogP contribution in [-0.4, -0.2) is 85.0 Å². The number of allylic oxidation sites excluding steroid dienone is 1. The molecular formula is C88H86N6O8. The van der Waals surface area contributed by atoms with Crippen LogP contribution in [0, 0.1) is 47.3 Å². The zero-order chi connectivity index (χ0) is 69.2. The van der Waals surface area contributed by atoms with E-state index in [1.54, 1.807) is 30.3 Å². The predicted molar refractivity (Wildman–Crippen MR) is 405 cm³/mol. The number of anilines is 1. The SMILES string of the molecule is COc1c2c(c3oc(-c4ccc(O)cc4)cc(=O)c3c1OCCC(O)C=Cc1ccccc1)CCc1cccc(c1)-c1cc3[nH]c1N1CCNCC1C1(CC45CCc6c7ccccc7cc7ccc(c4c67)C=CC5C1C#CC1CCC4CCC1C34C)c1ccc(c(N=C(N)N)c1)CC(CO)CO2. The van der Waals surface area contributed by atoms with Crippen molar-refractivity contribution in [1.82, 2.24) is 10.3 Å². The number of rotatable bonds is 10. The monoisotopic (exact) mass is 1350 g/mol. The van der Waals surface area contributed by atoms with Crippen LogP contribution in [0.1, 0.15) is 102 Å². The third-order valence-electron chi connectivity index (χ3n) is 25.3. The van der Waals surface area contributed by atoms with E-state index in [0.29, 0.717) is 60.2 Å². The van der Waals surface area contributed by atoms with Gasteiger partial charge in [0.15, 0.2) is 22.9 Å². The highest BCUT2D eigenvalue weighted by molar-refractivity contribution is 6.06. The fourth-order valence-corrected chi connectivity index (χ4v) is 20.6. The summed E-state index contributed by atoms with van der Waals surface area (Å²) in [5.74, 6) is 11.1. The molecule has 9 N–H and O–H groups in total. The molecule has 4 aliphatic heterocycles. The standard InChI is InChI=1S/C88H86N6O8/c1-86-61-25-19-54(69(86)34-27-61)23-33-71-70-32-24-56-17-18-60-43-58-12-6-7-14-65(58)66-35-37-87(70,79(56)77(60)66)50-88(71)62-26-20-59(72(44-62)92-85(89)90)42-53(48-95)49-101-81-67(31-16-52-11-8-13-57(41-52)68-45-75(86)93-84(68)94-39-38-91-47-76(88)94)80-78(73(98)46-74(102-80)55-21-29-63(96)30-22-55)82(83(81)99-2)100-40-36-64(97)28-15-51-9-4-3-5-10-51/h3-15,17-18,20-22,24,26,28-30,32,41,43-46,53-54,61,64,69-71,76,91,93,95-97H,16,19,25,27,31,34-40,42,47-50H2,1-2H3,(H4,89,90,92). The Labute approximate surface area is 594 Å². The maximum absolute atomic E-state index is 15.1. The van der Waals surface area contributed by atoms with Crippen molar-refractivity contribution in [3.63, 3.8) is 0 Å². The molecule has 0 amide bonds. The Morgan fingerprint density at radius 2 is 1.71 bits per heavy atom. The summed E-state index contributed by atoms with van der Waals surface area (Å²) in [5, 5.41) is 43.1. The average Bonchev–Trinajstić information content (AvgIpc) is 1.49. The Bertz CT molecular complexity index is 5230. The van der Waals surface area contributed by atoms with E-state index in [2.05, 4.69) is 137 Å². The van der Waals surface area contributed by atoms with Gasteiger partial charge in [0.1, 0.15) is 28.3 Å². The van der Waals surface area contributed by atoms with E-state index in [1.165, 1.54) is 63.5 Å². The fraction of sp³-hybridized carbons (Fsp3) is 0.341. The van der Waals surface area contributed by atoms with E-state index in [-0.39, 0.29) is 106 Å². The summed E-state index contributed by atoms with van der Waals surface area (Å²) in [6.07, 6.45) is 16.3. The zero-order valence-electron chi connectivity index (χ0n) is 57.8. The highest BCUT2D eigenvalue weighted by atomic mass is 16.5. The van der Waals surface area contributed by atoms with E-state index in [1.807, 2.05) is 36.4 Å². The molecule has 5 aliphatic carbocycles. The highest BCUT2D eigenvalue weighted by Crippen LogP contribution is 2.69. The molecular weight excluding hydrogens is 1270 g/mol. The van der Waals surface area contributed by atoms with Gasteiger partial charge in [-0.3, -0.25) is 4.79 Å². The number of methoxy groups -OCH3 is 1. The number of hydrogen-bond acceptors (Lipinski definition) is 11. The number of phenolic OH excluding ortho intramolecular Hbond substituents is 1. The van der Waals surface area contributed by atoms with E-state index < -0.39 is 17.4 Å². The van der Waals surface area contributed by atoms with Gasteiger partial charge in [0.2, 0.25) is 5.75 Å². The number of aliphatic hydroxyl groups is 2. The molecule has 3 saturated carbocycles. The number of ether oxygens (including phenoxy) is 3. The average molecular weight is 1360 g/mol. The van der Waals surface area contributed by atoms with E-state index in [4.69, 9.17) is 35.1 Å². The quantitative estimate of drug-likeness (QED) is 0.0295. The second-order valence-corrected chi connectivity index (χ2v) is 30.4. The molecule has 11 atom stereocenters. The van der Waals surface area contributed by atoms with Crippen molar-refractivity contribution in [3.8, 4) is 57.3 Å². The van der Waals surface area contributed by atoms with Gasteiger partial charge in [-0.05, 0) is 185 Å². The number of aliphatic imine (C=N–C) groups is 1.